The maximum Gasteiger partial charge on any atom is 0.266 e. The van der Waals surface area contributed by atoms with Gasteiger partial charge in [0.15, 0.2) is 18.1 Å². The smallest absolute Gasteiger partial charge is 0.266 e. The SMILES string of the molecule is COc1cc(C=C2SC(=S)N(CC(C)C)C2=O)c(Br)cc1OCC(=O)NC1CCCCC1. The zero-order valence-electron chi connectivity index (χ0n) is 18.6. The van der Waals surface area contributed by atoms with E-state index in [1.54, 1.807) is 30.2 Å². The second kappa shape index (κ2) is 11.5. The maximum absolute atomic E-state index is 12.8. The summed E-state index contributed by atoms with van der Waals surface area (Å²) in [5.74, 6) is 1.06. The predicted molar refractivity (Wildman–Crippen MR) is 136 cm³/mol. The third kappa shape index (κ3) is 6.48. The van der Waals surface area contributed by atoms with Crippen LogP contribution in [0.3, 0.4) is 0 Å². The number of hydrogen-bond donors (Lipinski definition) is 1. The van der Waals surface area contributed by atoms with Crippen LogP contribution in [0.2, 0.25) is 0 Å². The van der Waals surface area contributed by atoms with E-state index in [2.05, 4.69) is 35.1 Å². The molecule has 0 aromatic heterocycles. The van der Waals surface area contributed by atoms with Gasteiger partial charge in [-0.25, -0.2) is 0 Å². The number of amides is 2. The van der Waals surface area contributed by atoms with Gasteiger partial charge in [0.05, 0.1) is 12.0 Å². The van der Waals surface area contributed by atoms with Gasteiger partial charge in [0.25, 0.3) is 11.8 Å². The van der Waals surface area contributed by atoms with Crippen molar-refractivity contribution in [2.45, 2.75) is 52.0 Å². The van der Waals surface area contributed by atoms with E-state index in [1.165, 1.54) is 18.2 Å². The number of rotatable bonds is 8. The molecule has 1 aliphatic heterocycles. The lowest BCUT2D eigenvalue weighted by atomic mass is 9.95. The monoisotopic (exact) mass is 540 g/mol. The minimum atomic E-state index is -0.132. The van der Waals surface area contributed by atoms with E-state index in [4.69, 9.17) is 21.7 Å². The number of thiocarbonyl (C=S) groups is 1. The highest BCUT2D eigenvalue weighted by Gasteiger charge is 2.32. The van der Waals surface area contributed by atoms with Crippen molar-refractivity contribution >= 4 is 62.1 Å². The molecule has 1 saturated heterocycles. The van der Waals surface area contributed by atoms with Crippen molar-refractivity contribution in [3.05, 3.63) is 27.1 Å². The molecule has 2 aliphatic rings. The van der Waals surface area contributed by atoms with Gasteiger partial charge in [-0.3, -0.25) is 14.5 Å². The summed E-state index contributed by atoms with van der Waals surface area (Å²) in [5.41, 5.74) is 0.769. The molecule has 1 N–H and O–H groups in total. The molecule has 0 spiro atoms. The van der Waals surface area contributed by atoms with Crippen LogP contribution in [0, 0.1) is 5.92 Å². The van der Waals surface area contributed by atoms with Crippen molar-refractivity contribution in [1.29, 1.82) is 0 Å². The Bertz CT molecular complexity index is 914. The summed E-state index contributed by atoms with van der Waals surface area (Å²) in [7, 11) is 1.55. The molecular formula is C23H29BrN2O4S2. The molecule has 1 saturated carbocycles. The van der Waals surface area contributed by atoms with Gasteiger partial charge in [-0.2, -0.15) is 0 Å². The summed E-state index contributed by atoms with van der Waals surface area (Å²) in [5, 5.41) is 3.04. The van der Waals surface area contributed by atoms with Crippen molar-refractivity contribution in [3.63, 3.8) is 0 Å². The van der Waals surface area contributed by atoms with Gasteiger partial charge in [0, 0.05) is 17.1 Å². The zero-order chi connectivity index (χ0) is 23.3. The van der Waals surface area contributed by atoms with E-state index in [1.807, 2.05) is 0 Å². The lowest BCUT2D eigenvalue weighted by molar-refractivity contribution is -0.124. The topological polar surface area (TPSA) is 67.9 Å². The number of hydrogen-bond acceptors (Lipinski definition) is 6. The van der Waals surface area contributed by atoms with Gasteiger partial charge in [0.2, 0.25) is 0 Å². The second-order valence-electron chi connectivity index (χ2n) is 8.40. The van der Waals surface area contributed by atoms with Gasteiger partial charge in [-0.1, -0.05) is 73.0 Å². The Morgan fingerprint density at radius 2 is 2.03 bits per heavy atom. The van der Waals surface area contributed by atoms with Gasteiger partial charge in [-0.05, 0) is 42.5 Å². The highest BCUT2D eigenvalue weighted by molar-refractivity contribution is 9.10. The average molecular weight is 542 g/mol. The van der Waals surface area contributed by atoms with Crippen molar-refractivity contribution in [1.82, 2.24) is 10.2 Å². The van der Waals surface area contributed by atoms with E-state index in [0.29, 0.717) is 33.2 Å². The van der Waals surface area contributed by atoms with Crippen LogP contribution >= 0.6 is 39.9 Å². The first kappa shape index (κ1) is 25.1. The summed E-state index contributed by atoms with van der Waals surface area (Å²) in [4.78, 5) is 27.3. The number of benzene rings is 1. The number of methoxy groups -OCH3 is 1. The van der Waals surface area contributed by atoms with Crippen LogP contribution in [0.15, 0.2) is 21.5 Å². The number of thioether (sulfide) groups is 1. The molecule has 0 unspecified atom stereocenters. The number of nitrogens with zero attached hydrogens (tertiary/aromatic N) is 1. The number of ether oxygens (including phenoxy) is 2. The van der Waals surface area contributed by atoms with Crippen LogP contribution < -0.4 is 14.8 Å². The van der Waals surface area contributed by atoms with Gasteiger partial charge in [-0.15, -0.1) is 0 Å². The van der Waals surface area contributed by atoms with Gasteiger partial charge >= 0.3 is 0 Å². The Balaban J connectivity index is 1.69. The largest absolute Gasteiger partial charge is 0.493 e. The Kier molecular flexibility index (Phi) is 9.02. The fraction of sp³-hybridized carbons (Fsp3) is 0.522. The van der Waals surface area contributed by atoms with E-state index in [9.17, 15) is 9.59 Å². The number of carbonyl (C=O) groups excluding carboxylic acids is 2. The van der Waals surface area contributed by atoms with Crippen LogP contribution in [0.25, 0.3) is 6.08 Å². The fourth-order valence-electron chi connectivity index (χ4n) is 3.76. The van der Waals surface area contributed by atoms with E-state index >= 15 is 0 Å². The normalized spacial score (nSPS) is 18.5. The molecule has 2 fully saturated rings. The zero-order valence-corrected chi connectivity index (χ0v) is 21.8. The molecule has 9 heteroatoms. The lowest BCUT2D eigenvalue weighted by Crippen LogP contribution is -2.39. The van der Waals surface area contributed by atoms with E-state index in [0.717, 1.165) is 35.7 Å². The van der Waals surface area contributed by atoms with Gasteiger partial charge in [0.1, 0.15) is 4.32 Å². The average Bonchev–Trinajstić information content (AvgIpc) is 3.01. The quantitative estimate of drug-likeness (QED) is 0.363. The highest BCUT2D eigenvalue weighted by atomic mass is 79.9. The summed E-state index contributed by atoms with van der Waals surface area (Å²) in [6, 6.07) is 3.78. The molecule has 2 amide bonds. The molecule has 0 radical (unpaired) electrons. The molecule has 0 atom stereocenters. The van der Waals surface area contributed by atoms with Crippen molar-refractivity contribution in [2.75, 3.05) is 20.3 Å². The summed E-state index contributed by atoms with van der Waals surface area (Å²) in [6.07, 6.45) is 7.40. The molecule has 1 heterocycles. The van der Waals surface area contributed by atoms with E-state index < -0.39 is 0 Å². The summed E-state index contributed by atoms with van der Waals surface area (Å²) < 4.78 is 12.5. The first-order chi connectivity index (χ1) is 15.3. The molecule has 1 aliphatic carbocycles. The van der Waals surface area contributed by atoms with Crippen LogP contribution in [0.5, 0.6) is 11.5 Å². The van der Waals surface area contributed by atoms with Crippen molar-refractivity contribution < 1.29 is 19.1 Å². The third-order valence-corrected chi connectivity index (χ3v) is 7.38. The third-order valence-electron chi connectivity index (χ3n) is 5.32. The Labute approximate surface area is 207 Å². The maximum atomic E-state index is 12.8. The number of nitrogens with one attached hydrogen (secondary N) is 1. The molecule has 32 heavy (non-hydrogen) atoms. The minimum Gasteiger partial charge on any atom is -0.493 e. The Morgan fingerprint density at radius 3 is 2.69 bits per heavy atom. The summed E-state index contributed by atoms with van der Waals surface area (Å²) >= 11 is 10.2. The second-order valence-corrected chi connectivity index (χ2v) is 10.9. The van der Waals surface area contributed by atoms with Crippen molar-refractivity contribution in [3.8, 4) is 11.5 Å². The van der Waals surface area contributed by atoms with Crippen molar-refractivity contribution in [2.24, 2.45) is 5.92 Å². The fourth-order valence-corrected chi connectivity index (χ4v) is 5.46. The molecule has 6 nitrogen and oxygen atoms in total. The van der Waals surface area contributed by atoms with Crippen LogP contribution in [-0.4, -0.2) is 47.3 Å². The molecule has 174 valence electrons. The van der Waals surface area contributed by atoms with Crippen LogP contribution in [0.4, 0.5) is 0 Å². The first-order valence-corrected chi connectivity index (χ1v) is 12.8. The molecule has 3 rings (SSSR count). The number of carbonyl (C=O) groups is 2. The van der Waals surface area contributed by atoms with Crippen LogP contribution in [0.1, 0.15) is 51.5 Å². The number of halogens is 1. The molecular weight excluding hydrogens is 512 g/mol. The Morgan fingerprint density at radius 1 is 1.31 bits per heavy atom. The first-order valence-electron chi connectivity index (χ1n) is 10.8. The molecule has 1 aromatic rings. The van der Waals surface area contributed by atoms with E-state index in [-0.39, 0.29) is 24.5 Å². The molecule has 0 bridgehead atoms. The Hall–Kier alpha value is -1.58. The summed E-state index contributed by atoms with van der Waals surface area (Å²) in [6.45, 7) is 4.63. The minimum absolute atomic E-state index is 0.0769. The standard InChI is InChI=1S/C23H29BrN2O4S2/c1-14(2)12-26-22(28)20(32-23(26)31)10-15-9-18(29-3)19(11-17(15)24)30-13-21(27)25-16-7-5-4-6-8-16/h9-11,14,16H,4-8,12-13H2,1-3H3,(H,25,27). The lowest BCUT2D eigenvalue weighted by Gasteiger charge is -2.22. The highest BCUT2D eigenvalue weighted by Crippen LogP contribution is 2.38. The van der Waals surface area contributed by atoms with Gasteiger partial charge < -0.3 is 14.8 Å². The predicted octanol–water partition coefficient (Wildman–Crippen LogP) is 5.14. The molecule has 1 aromatic carbocycles. The van der Waals surface area contributed by atoms with Crippen LogP contribution in [-0.2, 0) is 9.59 Å².